The van der Waals surface area contributed by atoms with Gasteiger partial charge in [-0.1, -0.05) is 17.7 Å². The highest BCUT2D eigenvalue weighted by atomic mass is 35.5. The van der Waals surface area contributed by atoms with Crippen molar-refractivity contribution in [1.29, 1.82) is 0 Å². The summed E-state index contributed by atoms with van der Waals surface area (Å²) in [6.45, 7) is 3.29. The Labute approximate surface area is 152 Å². The first-order valence-electron chi connectivity index (χ1n) is 8.05. The lowest BCUT2D eigenvalue weighted by atomic mass is 10.1. The number of amides is 1. The molecule has 0 atom stereocenters. The van der Waals surface area contributed by atoms with E-state index in [4.69, 9.17) is 11.6 Å². The fourth-order valence-electron chi connectivity index (χ4n) is 2.79. The van der Waals surface area contributed by atoms with E-state index in [9.17, 15) is 13.2 Å². The van der Waals surface area contributed by atoms with E-state index in [1.807, 2.05) is 0 Å². The average Bonchev–Trinajstić information content (AvgIpc) is 3.11. The molecule has 0 unspecified atom stereocenters. The number of carbonyl (C=O) groups excluding carboxylic acids is 1. The zero-order chi connectivity index (χ0) is 18.0. The molecular weight excluding hydrogens is 360 g/mol. The van der Waals surface area contributed by atoms with Crippen LogP contribution in [0.1, 0.15) is 28.8 Å². The van der Waals surface area contributed by atoms with E-state index in [2.05, 4.69) is 4.72 Å². The molecule has 2 aromatic carbocycles. The van der Waals surface area contributed by atoms with Crippen LogP contribution in [0.3, 0.4) is 0 Å². The Morgan fingerprint density at radius 1 is 1.08 bits per heavy atom. The molecule has 1 saturated heterocycles. The van der Waals surface area contributed by atoms with E-state index in [-0.39, 0.29) is 10.8 Å². The number of carbonyl (C=O) groups is 1. The monoisotopic (exact) mass is 378 g/mol. The van der Waals surface area contributed by atoms with Crippen LogP contribution in [0.2, 0.25) is 5.02 Å². The zero-order valence-electron chi connectivity index (χ0n) is 13.8. The number of nitrogens with zero attached hydrogens (tertiary/aromatic N) is 1. The van der Waals surface area contributed by atoms with Gasteiger partial charge in [-0.25, -0.2) is 8.42 Å². The van der Waals surface area contributed by atoms with Crippen LogP contribution in [0.5, 0.6) is 0 Å². The van der Waals surface area contributed by atoms with Gasteiger partial charge in [-0.3, -0.25) is 9.52 Å². The standard InChI is InChI=1S/C18H19ClN2O3S/c1-13-4-5-14(18(22)21-10-2-3-11-21)12-17(13)20-25(23,24)16-8-6-15(19)7-9-16/h4-9,12,20H,2-3,10-11H2,1H3. The molecule has 1 aliphatic heterocycles. The minimum atomic E-state index is -3.75. The molecule has 132 valence electrons. The largest absolute Gasteiger partial charge is 0.339 e. The summed E-state index contributed by atoms with van der Waals surface area (Å²) in [6, 6.07) is 11.0. The number of rotatable bonds is 4. The first-order valence-corrected chi connectivity index (χ1v) is 9.91. The van der Waals surface area contributed by atoms with E-state index in [0.717, 1.165) is 31.5 Å². The van der Waals surface area contributed by atoms with Crippen molar-refractivity contribution < 1.29 is 13.2 Å². The number of nitrogens with one attached hydrogen (secondary N) is 1. The van der Waals surface area contributed by atoms with E-state index >= 15 is 0 Å². The quantitative estimate of drug-likeness (QED) is 0.882. The van der Waals surface area contributed by atoms with Gasteiger partial charge in [0.2, 0.25) is 0 Å². The lowest BCUT2D eigenvalue weighted by Gasteiger charge is -2.17. The van der Waals surface area contributed by atoms with Crippen LogP contribution in [0, 0.1) is 6.92 Å². The highest BCUT2D eigenvalue weighted by molar-refractivity contribution is 7.92. The summed E-state index contributed by atoms with van der Waals surface area (Å²) in [4.78, 5) is 14.4. The highest BCUT2D eigenvalue weighted by Gasteiger charge is 2.21. The van der Waals surface area contributed by atoms with Crippen LogP contribution in [-0.4, -0.2) is 32.3 Å². The predicted molar refractivity (Wildman–Crippen MR) is 98.6 cm³/mol. The molecule has 0 bridgehead atoms. The van der Waals surface area contributed by atoms with Crippen LogP contribution in [-0.2, 0) is 10.0 Å². The van der Waals surface area contributed by atoms with Crippen molar-refractivity contribution in [3.05, 3.63) is 58.6 Å². The summed E-state index contributed by atoms with van der Waals surface area (Å²) in [5.41, 5.74) is 1.64. The fraction of sp³-hybridized carbons (Fsp3) is 0.278. The molecule has 1 aliphatic rings. The van der Waals surface area contributed by atoms with Crippen molar-refractivity contribution in [3.8, 4) is 0 Å². The first kappa shape index (κ1) is 17.8. The molecule has 0 aliphatic carbocycles. The number of hydrogen-bond donors (Lipinski definition) is 1. The smallest absolute Gasteiger partial charge is 0.261 e. The number of aryl methyl sites for hydroxylation is 1. The second-order valence-electron chi connectivity index (χ2n) is 6.09. The lowest BCUT2D eigenvalue weighted by molar-refractivity contribution is 0.0793. The maximum atomic E-state index is 12.6. The van der Waals surface area contributed by atoms with Gasteiger partial charge in [0, 0.05) is 23.7 Å². The van der Waals surface area contributed by atoms with E-state index in [1.54, 1.807) is 30.0 Å². The van der Waals surface area contributed by atoms with Crippen molar-refractivity contribution in [2.75, 3.05) is 17.8 Å². The number of benzene rings is 2. The summed E-state index contributed by atoms with van der Waals surface area (Å²) < 4.78 is 27.7. The second kappa shape index (κ2) is 7.06. The van der Waals surface area contributed by atoms with Gasteiger partial charge in [-0.05, 0) is 61.7 Å². The number of hydrogen-bond acceptors (Lipinski definition) is 3. The summed E-state index contributed by atoms with van der Waals surface area (Å²) >= 11 is 5.81. The highest BCUT2D eigenvalue weighted by Crippen LogP contribution is 2.23. The molecule has 25 heavy (non-hydrogen) atoms. The second-order valence-corrected chi connectivity index (χ2v) is 8.21. The molecule has 5 nitrogen and oxygen atoms in total. The molecule has 1 amide bonds. The topological polar surface area (TPSA) is 66.5 Å². The van der Waals surface area contributed by atoms with Crippen LogP contribution in [0.4, 0.5) is 5.69 Å². The minimum absolute atomic E-state index is 0.0653. The van der Waals surface area contributed by atoms with Gasteiger partial charge in [0.25, 0.3) is 15.9 Å². The van der Waals surface area contributed by atoms with Crippen molar-refractivity contribution >= 4 is 33.2 Å². The van der Waals surface area contributed by atoms with Gasteiger partial charge in [0.1, 0.15) is 0 Å². The molecule has 3 rings (SSSR count). The maximum absolute atomic E-state index is 12.6. The van der Waals surface area contributed by atoms with Gasteiger partial charge in [0.05, 0.1) is 10.6 Å². The molecule has 0 radical (unpaired) electrons. The number of halogens is 1. The Morgan fingerprint density at radius 3 is 2.36 bits per heavy atom. The molecular formula is C18H19ClN2O3S. The van der Waals surface area contributed by atoms with Gasteiger partial charge < -0.3 is 4.90 Å². The van der Waals surface area contributed by atoms with Crippen LogP contribution in [0.25, 0.3) is 0 Å². The Morgan fingerprint density at radius 2 is 1.72 bits per heavy atom. The summed E-state index contributed by atoms with van der Waals surface area (Å²) in [7, 11) is -3.75. The molecule has 1 fully saturated rings. The van der Waals surface area contributed by atoms with Crippen molar-refractivity contribution in [2.24, 2.45) is 0 Å². The number of sulfonamides is 1. The Balaban J connectivity index is 1.87. The molecule has 1 N–H and O–H groups in total. The van der Waals surface area contributed by atoms with Gasteiger partial charge in [-0.15, -0.1) is 0 Å². The van der Waals surface area contributed by atoms with E-state index in [1.165, 1.54) is 24.3 Å². The first-order chi connectivity index (χ1) is 11.9. The van der Waals surface area contributed by atoms with Crippen molar-refractivity contribution in [2.45, 2.75) is 24.7 Å². The van der Waals surface area contributed by atoms with Crippen molar-refractivity contribution in [1.82, 2.24) is 4.90 Å². The summed E-state index contributed by atoms with van der Waals surface area (Å²) in [6.07, 6.45) is 2.02. The third-order valence-corrected chi connectivity index (χ3v) is 5.88. The van der Waals surface area contributed by atoms with Crippen LogP contribution >= 0.6 is 11.6 Å². The minimum Gasteiger partial charge on any atom is -0.339 e. The van der Waals surface area contributed by atoms with E-state index < -0.39 is 10.0 Å². The lowest BCUT2D eigenvalue weighted by Crippen LogP contribution is -2.27. The molecule has 0 aromatic heterocycles. The van der Waals surface area contributed by atoms with Gasteiger partial charge in [-0.2, -0.15) is 0 Å². The third kappa shape index (κ3) is 3.96. The Kier molecular flexibility index (Phi) is 5.01. The van der Waals surface area contributed by atoms with Gasteiger partial charge >= 0.3 is 0 Å². The normalized spacial score (nSPS) is 14.6. The van der Waals surface area contributed by atoms with E-state index in [0.29, 0.717) is 16.3 Å². The zero-order valence-corrected chi connectivity index (χ0v) is 15.4. The molecule has 0 saturated carbocycles. The third-order valence-electron chi connectivity index (χ3n) is 4.25. The van der Waals surface area contributed by atoms with Crippen LogP contribution < -0.4 is 4.72 Å². The fourth-order valence-corrected chi connectivity index (χ4v) is 4.03. The van der Waals surface area contributed by atoms with Gasteiger partial charge in [0.15, 0.2) is 0 Å². The number of likely N-dealkylation sites (tertiary alicyclic amines) is 1. The Bertz CT molecular complexity index is 889. The summed E-state index contributed by atoms with van der Waals surface area (Å²) in [5.74, 6) is -0.0653. The average molecular weight is 379 g/mol. The summed E-state index contributed by atoms with van der Waals surface area (Å²) in [5, 5.41) is 0.466. The molecule has 2 aromatic rings. The SMILES string of the molecule is Cc1ccc(C(=O)N2CCCC2)cc1NS(=O)(=O)c1ccc(Cl)cc1. The predicted octanol–water partition coefficient (Wildman–Crippen LogP) is 3.69. The van der Waals surface area contributed by atoms with Crippen LogP contribution in [0.15, 0.2) is 47.4 Å². The maximum Gasteiger partial charge on any atom is 0.261 e. The van der Waals surface area contributed by atoms with Crippen molar-refractivity contribution in [3.63, 3.8) is 0 Å². The molecule has 7 heteroatoms. The number of anilines is 1. The Hall–Kier alpha value is -2.05. The molecule has 1 heterocycles. The molecule has 0 spiro atoms.